The molecule has 1 unspecified atom stereocenters. The number of amides is 1. The Labute approximate surface area is 133 Å². The normalized spacial score (nSPS) is 11.7. The van der Waals surface area contributed by atoms with Gasteiger partial charge in [0, 0.05) is 11.0 Å². The molecule has 3 nitrogen and oxygen atoms in total. The molecule has 4 heteroatoms. The molecule has 2 rings (SSSR count). The second-order valence-corrected chi connectivity index (χ2v) is 5.66. The van der Waals surface area contributed by atoms with Crippen LogP contribution in [0.15, 0.2) is 59.1 Å². The van der Waals surface area contributed by atoms with E-state index in [1.165, 1.54) is 5.56 Å². The summed E-state index contributed by atoms with van der Waals surface area (Å²) < 4.78 is 6.58. The smallest absolute Gasteiger partial charge is 0.260 e. The highest BCUT2D eigenvalue weighted by Gasteiger charge is 2.13. The number of nitrogens with one attached hydrogen (secondary N) is 1. The molecule has 110 valence electrons. The molecule has 0 aliphatic rings. The maximum atomic E-state index is 12.0. The van der Waals surface area contributed by atoms with Crippen molar-refractivity contribution in [3.8, 4) is 5.75 Å². The largest absolute Gasteiger partial charge is 0.481 e. The van der Waals surface area contributed by atoms with Gasteiger partial charge in [0.2, 0.25) is 0 Å². The van der Waals surface area contributed by atoms with Crippen LogP contribution in [0.25, 0.3) is 0 Å². The lowest BCUT2D eigenvalue weighted by molar-refractivity contribution is -0.127. The maximum absolute atomic E-state index is 12.0. The van der Waals surface area contributed by atoms with Crippen LogP contribution in [0.4, 0.5) is 0 Å². The van der Waals surface area contributed by atoms with Gasteiger partial charge in [-0.05, 0) is 43.2 Å². The van der Waals surface area contributed by atoms with Crippen molar-refractivity contribution in [3.63, 3.8) is 0 Å². The Morgan fingerprint density at radius 2 is 1.81 bits per heavy atom. The molecule has 1 atom stereocenters. The summed E-state index contributed by atoms with van der Waals surface area (Å²) in [5.74, 6) is 0.581. The highest BCUT2D eigenvalue weighted by molar-refractivity contribution is 9.10. The van der Waals surface area contributed by atoms with Gasteiger partial charge in [-0.3, -0.25) is 4.79 Å². The van der Waals surface area contributed by atoms with Crippen molar-refractivity contribution in [1.82, 2.24) is 5.32 Å². The van der Waals surface area contributed by atoms with Crippen molar-refractivity contribution in [2.45, 2.75) is 19.4 Å². The minimum Gasteiger partial charge on any atom is -0.481 e. The highest BCUT2D eigenvalue weighted by Crippen LogP contribution is 2.17. The maximum Gasteiger partial charge on any atom is 0.260 e. The summed E-state index contributed by atoms with van der Waals surface area (Å²) in [5.41, 5.74) is 1.21. The molecule has 0 heterocycles. The van der Waals surface area contributed by atoms with Gasteiger partial charge in [0.25, 0.3) is 5.91 Å². The molecule has 0 bridgehead atoms. The molecule has 0 aromatic heterocycles. The van der Waals surface area contributed by atoms with E-state index in [9.17, 15) is 4.79 Å². The summed E-state index contributed by atoms with van der Waals surface area (Å²) in [6.45, 7) is 2.36. The molecule has 1 amide bonds. The third-order valence-electron chi connectivity index (χ3n) is 3.05. The summed E-state index contributed by atoms with van der Waals surface area (Å²) in [6, 6.07) is 17.5. The van der Waals surface area contributed by atoms with E-state index in [0.717, 1.165) is 10.9 Å². The van der Waals surface area contributed by atoms with Crippen LogP contribution in [0.1, 0.15) is 12.5 Å². The molecule has 0 radical (unpaired) electrons. The number of ether oxygens (including phenoxy) is 1. The van der Waals surface area contributed by atoms with Crippen LogP contribution in [-0.4, -0.2) is 18.6 Å². The van der Waals surface area contributed by atoms with Gasteiger partial charge in [-0.2, -0.15) is 0 Å². The number of hydrogen-bond acceptors (Lipinski definition) is 2. The fourth-order valence-electron chi connectivity index (χ4n) is 1.89. The van der Waals surface area contributed by atoms with Crippen LogP contribution in [0.2, 0.25) is 0 Å². The minimum absolute atomic E-state index is 0.103. The summed E-state index contributed by atoms with van der Waals surface area (Å²) >= 11 is 3.36. The SMILES string of the molecule is CC(Oc1ccc(Br)cc1)C(=O)NCCc1ccccc1. The lowest BCUT2D eigenvalue weighted by Crippen LogP contribution is -2.37. The minimum atomic E-state index is -0.512. The number of benzene rings is 2. The molecule has 0 spiro atoms. The second-order valence-electron chi connectivity index (χ2n) is 4.74. The van der Waals surface area contributed by atoms with Crippen molar-refractivity contribution in [2.24, 2.45) is 0 Å². The Balaban J connectivity index is 1.76. The first-order chi connectivity index (χ1) is 10.1. The van der Waals surface area contributed by atoms with Crippen molar-refractivity contribution in [1.29, 1.82) is 0 Å². The highest BCUT2D eigenvalue weighted by atomic mass is 79.9. The van der Waals surface area contributed by atoms with E-state index >= 15 is 0 Å². The predicted molar refractivity (Wildman–Crippen MR) is 87.4 cm³/mol. The van der Waals surface area contributed by atoms with Crippen molar-refractivity contribution < 1.29 is 9.53 Å². The molecule has 1 N–H and O–H groups in total. The fourth-order valence-corrected chi connectivity index (χ4v) is 2.15. The van der Waals surface area contributed by atoms with Crippen LogP contribution >= 0.6 is 15.9 Å². The van der Waals surface area contributed by atoms with E-state index in [2.05, 4.69) is 21.2 Å². The quantitative estimate of drug-likeness (QED) is 0.867. The number of rotatable bonds is 6. The zero-order valence-electron chi connectivity index (χ0n) is 11.9. The van der Waals surface area contributed by atoms with Gasteiger partial charge in [0.15, 0.2) is 6.10 Å². The number of carbonyl (C=O) groups excluding carboxylic acids is 1. The van der Waals surface area contributed by atoms with Crippen LogP contribution in [0.3, 0.4) is 0 Å². The summed E-state index contributed by atoms with van der Waals surface area (Å²) in [7, 11) is 0. The third-order valence-corrected chi connectivity index (χ3v) is 3.58. The molecule has 21 heavy (non-hydrogen) atoms. The second kappa shape index (κ2) is 7.84. The van der Waals surface area contributed by atoms with Crippen LogP contribution in [0, 0.1) is 0 Å². The Kier molecular flexibility index (Phi) is 5.81. The molecule has 0 aliphatic carbocycles. The van der Waals surface area contributed by atoms with E-state index in [1.807, 2.05) is 54.6 Å². The number of halogens is 1. The van der Waals surface area contributed by atoms with Gasteiger partial charge in [-0.25, -0.2) is 0 Å². The van der Waals surface area contributed by atoms with Gasteiger partial charge in [-0.15, -0.1) is 0 Å². The number of carbonyl (C=O) groups is 1. The van der Waals surface area contributed by atoms with Gasteiger partial charge in [0.05, 0.1) is 0 Å². The van der Waals surface area contributed by atoms with Gasteiger partial charge >= 0.3 is 0 Å². The van der Waals surface area contributed by atoms with Crippen molar-refractivity contribution in [2.75, 3.05) is 6.54 Å². The number of hydrogen-bond donors (Lipinski definition) is 1. The standard InChI is InChI=1S/C17H18BrNO2/c1-13(21-16-9-7-15(18)8-10-16)17(20)19-12-11-14-5-3-2-4-6-14/h2-10,13H,11-12H2,1H3,(H,19,20). The molecule has 0 fully saturated rings. The lowest BCUT2D eigenvalue weighted by atomic mass is 10.1. The Morgan fingerprint density at radius 1 is 1.14 bits per heavy atom. The lowest BCUT2D eigenvalue weighted by Gasteiger charge is -2.14. The molecule has 2 aromatic carbocycles. The summed E-state index contributed by atoms with van der Waals surface area (Å²) in [6.07, 6.45) is 0.305. The average Bonchev–Trinajstić information content (AvgIpc) is 2.50. The monoisotopic (exact) mass is 347 g/mol. The van der Waals surface area contributed by atoms with E-state index in [4.69, 9.17) is 4.74 Å². The van der Waals surface area contributed by atoms with Gasteiger partial charge in [-0.1, -0.05) is 46.3 Å². The summed E-state index contributed by atoms with van der Waals surface area (Å²) in [4.78, 5) is 12.0. The van der Waals surface area contributed by atoms with Gasteiger partial charge < -0.3 is 10.1 Å². The topological polar surface area (TPSA) is 38.3 Å². The first kappa shape index (κ1) is 15.6. The average molecular weight is 348 g/mol. The molecule has 0 saturated carbocycles. The summed E-state index contributed by atoms with van der Waals surface area (Å²) in [5, 5.41) is 2.89. The zero-order valence-corrected chi connectivity index (χ0v) is 13.5. The Morgan fingerprint density at radius 3 is 2.48 bits per heavy atom. The van der Waals surface area contributed by atoms with E-state index in [0.29, 0.717) is 12.3 Å². The van der Waals surface area contributed by atoms with E-state index in [1.54, 1.807) is 6.92 Å². The van der Waals surface area contributed by atoms with Crippen LogP contribution in [0.5, 0.6) is 5.75 Å². The fraction of sp³-hybridized carbons (Fsp3) is 0.235. The Bertz CT molecular complexity index is 569. The molecular formula is C17H18BrNO2. The van der Waals surface area contributed by atoms with E-state index < -0.39 is 6.10 Å². The molecule has 0 aliphatic heterocycles. The molecule has 2 aromatic rings. The molecular weight excluding hydrogens is 330 g/mol. The Hall–Kier alpha value is -1.81. The van der Waals surface area contributed by atoms with Crippen LogP contribution < -0.4 is 10.1 Å². The first-order valence-corrected chi connectivity index (χ1v) is 7.68. The van der Waals surface area contributed by atoms with Gasteiger partial charge in [0.1, 0.15) is 5.75 Å². The van der Waals surface area contributed by atoms with Crippen molar-refractivity contribution in [3.05, 3.63) is 64.6 Å². The third kappa shape index (κ3) is 5.23. The van der Waals surface area contributed by atoms with E-state index in [-0.39, 0.29) is 5.91 Å². The predicted octanol–water partition coefficient (Wildman–Crippen LogP) is 3.58. The zero-order chi connectivity index (χ0) is 15.1. The molecule has 0 saturated heterocycles. The van der Waals surface area contributed by atoms with Crippen LogP contribution in [-0.2, 0) is 11.2 Å². The first-order valence-electron chi connectivity index (χ1n) is 6.89. The van der Waals surface area contributed by atoms with Crippen molar-refractivity contribution >= 4 is 21.8 Å².